The number of carbonyl (C=O) groups excluding carboxylic acids is 3. The fourth-order valence-electron chi connectivity index (χ4n) is 3.65. The monoisotopic (exact) mass is 476 g/mol. The first-order chi connectivity index (χ1) is 16.5. The van der Waals surface area contributed by atoms with Gasteiger partial charge in [-0.15, -0.1) is 0 Å². The minimum Gasteiger partial charge on any atom is -0.493 e. The molecule has 0 saturated carbocycles. The van der Waals surface area contributed by atoms with Crippen molar-refractivity contribution in [2.24, 2.45) is 0 Å². The van der Waals surface area contributed by atoms with Gasteiger partial charge in [0.15, 0.2) is 0 Å². The predicted octanol–water partition coefficient (Wildman–Crippen LogP) is 4.30. The van der Waals surface area contributed by atoms with Gasteiger partial charge in [-0.05, 0) is 48.4 Å². The fraction of sp³-hybridized carbons (Fsp3) is 0.231. The molecular weight excluding hydrogens is 452 g/mol. The van der Waals surface area contributed by atoms with Gasteiger partial charge in [0.25, 0.3) is 5.24 Å². The number of amides is 1. The number of carbonyl (C=O) groups is 3. The van der Waals surface area contributed by atoms with E-state index in [1.807, 2.05) is 49.4 Å². The quantitative estimate of drug-likeness (QED) is 0.460. The maximum atomic E-state index is 12.4. The Kier molecular flexibility index (Phi) is 7.59. The Morgan fingerprint density at radius 1 is 1.03 bits per heavy atom. The van der Waals surface area contributed by atoms with E-state index in [2.05, 4.69) is 10.3 Å². The molecule has 1 amide bonds. The number of benzene rings is 2. The van der Waals surface area contributed by atoms with E-state index < -0.39 is 12.0 Å². The Morgan fingerprint density at radius 2 is 1.79 bits per heavy atom. The van der Waals surface area contributed by atoms with E-state index in [-0.39, 0.29) is 29.5 Å². The number of hydrogen-bond acceptors (Lipinski definition) is 7. The van der Waals surface area contributed by atoms with Gasteiger partial charge < -0.3 is 14.8 Å². The smallest absolute Gasteiger partial charge is 0.338 e. The second kappa shape index (κ2) is 11.0. The number of ether oxygens (including phenoxy) is 2. The van der Waals surface area contributed by atoms with E-state index in [4.69, 9.17) is 9.47 Å². The lowest BCUT2D eigenvalue weighted by Gasteiger charge is -2.19. The first kappa shape index (κ1) is 23.5. The van der Waals surface area contributed by atoms with Crippen LogP contribution < -0.4 is 10.1 Å². The topological polar surface area (TPSA) is 94.6 Å². The van der Waals surface area contributed by atoms with Gasteiger partial charge in [0.1, 0.15) is 18.4 Å². The maximum absolute atomic E-state index is 12.4. The zero-order valence-electron chi connectivity index (χ0n) is 18.6. The number of rotatable bonds is 9. The summed E-state index contributed by atoms with van der Waals surface area (Å²) in [5.41, 5.74) is 3.21. The Morgan fingerprint density at radius 3 is 2.47 bits per heavy atom. The highest BCUT2D eigenvalue weighted by atomic mass is 32.2. The number of esters is 1. The Labute approximate surface area is 201 Å². The molecule has 1 N–H and O–H groups in total. The third-order valence-corrected chi connectivity index (χ3v) is 6.23. The molecule has 8 heteroatoms. The summed E-state index contributed by atoms with van der Waals surface area (Å²) in [6, 6.07) is 19.6. The molecule has 0 spiro atoms. The van der Waals surface area contributed by atoms with Gasteiger partial charge in [-0.2, -0.15) is 0 Å². The molecule has 2 unspecified atom stereocenters. The lowest BCUT2D eigenvalue weighted by atomic mass is 10.0. The summed E-state index contributed by atoms with van der Waals surface area (Å²) < 4.78 is 11.6. The first-order valence-corrected chi connectivity index (χ1v) is 11.7. The van der Waals surface area contributed by atoms with E-state index in [9.17, 15) is 14.4 Å². The molecular formula is C26H24N2O5S. The van der Waals surface area contributed by atoms with E-state index in [1.165, 1.54) is 0 Å². The average molecular weight is 477 g/mol. The van der Waals surface area contributed by atoms with Crippen molar-refractivity contribution in [3.8, 4) is 5.75 Å². The van der Waals surface area contributed by atoms with Crippen molar-refractivity contribution in [2.75, 3.05) is 13.2 Å². The van der Waals surface area contributed by atoms with Crippen molar-refractivity contribution in [3.05, 3.63) is 95.3 Å². The summed E-state index contributed by atoms with van der Waals surface area (Å²) >= 11 is 0.711. The second-order valence-corrected chi connectivity index (χ2v) is 8.91. The molecule has 2 heterocycles. The summed E-state index contributed by atoms with van der Waals surface area (Å²) in [5, 5.41) is 2.19. The molecule has 0 radical (unpaired) electrons. The van der Waals surface area contributed by atoms with Gasteiger partial charge >= 0.3 is 5.97 Å². The van der Waals surface area contributed by atoms with Crippen LogP contribution in [0, 0.1) is 6.92 Å². The van der Waals surface area contributed by atoms with Gasteiger partial charge in [0.05, 0.1) is 23.8 Å². The molecule has 34 heavy (non-hydrogen) atoms. The molecule has 174 valence electrons. The van der Waals surface area contributed by atoms with Crippen molar-refractivity contribution >= 4 is 28.1 Å². The van der Waals surface area contributed by atoms with Crippen LogP contribution in [0.2, 0.25) is 0 Å². The number of aryl methyl sites for hydroxylation is 1. The minimum atomic E-state index is -0.500. The van der Waals surface area contributed by atoms with Crippen LogP contribution in [0.25, 0.3) is 0 Å². The maximum Gasteiger partial charge on any atom is 0.338 e. The van der Waals surface area contributed by atoms with Crippen LogP contribution in [0.15, 0.2) is 72.9 Å². The summed E-state index contributed by atoms with van der Waals surface area (Å²) in [6.07, 6.45) is 2.15. The van der Waals surface area contributed by atoms with E-state index in [0.717, 1.165) is 16.8 Å². The van der Waals surface area contributed by atoms with Crippen LogP contribution in [-0.4, -0.2) is 40.6 Å². The van der Waals surface area contributed by atoms with E-state index in [0.29, 0.717) is 29.5 Å². The molecule has 1 saturated heterocycles. The fourth-order valence-corrected chi connectivity index (χ4v) is 4.32. The first-order valence-electron chi connectivity index (χ1n) is 10.9. The van der Waals surface area contributed by atoms with Crippen LogP contribution in [0.1, 0.15) is 33.1 Å². The van der Waals surface area contributed by atoms with Gasteiger partial charge in [0, 0.05) is 24.4 Å². The van der Waals surface area contributed by atoms with E-state index >= 15 is 0 Å². The van der Waals surface area contributed by atoms with Crippen LogP contribution in [0.3, 0.4) is 0 Å². The average Bonchev–Trinajstić information content (AvgIpc) is 3.17. The van der Waals surface area contributed by atoms with Crippen molar-refractivity contribution in [1.82, 2.24) is 10.3 Å². The summed E-state index contributed by atoms with van der Waals surface area (Å²) in [6.45, 7) is 2.36. The van der Waals surface area contributed by atoms with Crippen LogP contribution in [0.4, 0.5) is 4.79 Å². The Balaban J connectivity index is 1.39. The minimum absolute atomic E-state index is 0.130. The molecule has 7 nitrogen and oxygen atoms in total. The van der Waals surface area contributed by atoms with Crippen LogP contribution >= 0.6 is 11.8 Å². The molecule has 1 aromatic heterocycles. The molecule has 0 aliphatic carbocycles. The van der Waals surface area contributed by atoms with Gasteiger partial charge in [-0.25, -0.2) is 4.79 Å². The van der Waals surface area contributed by atoms with Crippen LogP contribution in [-0.2, 0) is 16.0 Å². The lowest BCUT2D eigenvalue weighted by molar-refractivity contribution is -0.112. The highest BCUT2D eigenvalue weighted by molar-refractivity contribution is 8.26. The largest absolute Gasteiger partial charge is 0.493 e. The third kappa shape index (κ3) is 6.02. The van der Waals surface area contributed by atoms with Crippen molar-refractivity contribution in [2.45, 2.75) is 25.3 Å². The van der Waals surface area contributed by atoms with Crippen molar-refractivity contribution < 1.29 is 23.9 Å². The number of aromatic nitrogens is 1. The summed E-state index contributed by atoms with van der Waals surface area (Å²) in [7, 11) is 0. The molecule has 3 aromatic rings. The number of hydrogen-bond donors (Lipinski definition) is 1. The van der Waals surface area contributed by atoms with Gasteiger partial charge in [-0.1, -0.05) is 36.4 Å². The molecule has 4 rings (SSSR count). The normalized spacial score (nSPS) is 16.1. The molecule has 1 aliphatic heterocycles. The number of pyridine rings is 1. The number of nitrogens with one attached hydrogen (secondary N) is 1. The zero-order chi connectivity index (χ0) is 23.9. The highest BCUT2D eigenvalue weighted by Crippen LogP contribution is 2.23. The summed E-state index contributed by atoms with van der Waals surface area (Å²) in [4.78, 5) is 40.1. The number of thioether (sulfide) groups is 1. The third-order valence-electron chi connectivity index (χ3n) is 5.45. The highest BCUT2D eigenvalue weighted by Gasteiger charge is 2.31. The molecule has 0 bridgehead atoms. The van der Waals surface area contributed by atoms with Gasteiger partial charge in [-0.3, -0.25) is 14.6 Å². The molecule has 1 fully saturated rings. The summed E-state index contributed by atoms with van der Waals surface area (Å²) in [5.74, 6) is 0.0000155. The molecule has 2 aromatic carbocycles. The standard InChI is InChI=1S/C26H24N2O5S/c1-17-6-5-13-27-23(17)20(16-33-24(29)19-7-3-2-4-8-19)15-32-21-11-9-18(10-12-21)14-22-25(30)34-26(31)28-22/h2-13,20,22H,14-16H2,1H3,(H,28,31). The van der Waals surface area contributed by atoms with Crippen molar-refractivity contribution in [1.29, 1.82) is 0 Å². The number of nitrogens with zero attached hydrogens (tertiary/aromatic N) is 1. The van der Waals surface area contributed by atoms with Gasteiger partial charge in [0.2, 0.25) is 5.12 Å². The molecule has 1 aliphatic rings. The second-order valence-electron chi connectivity index (χ2n) is 7.93. The van der Waals surface area contributed by atoms with Crippen molar-refractivity contribution in [3.63, 3.8) is 0 Å². The Hall–Kier alpha value is -3.65. The molecule has 2 atom stereocenters. The predicted molar refractivity (Wildman–Crippen MR) is 129 cm³/mol. The lowest BCUT2D eigenvalue weighted by Crippen LogP contribution is -2.30. The SMILES string of the molecule is Cc1cccnc1C(COC(=O)c1ccccc1)COc1ccc(CC2NC(=O)SC2=O)cc1. The van der Waals surface area contributed by atoms with Crippen LogP contribution in [0.5, 0.6) is 5.75 Å². The van der Waals surface area contributed by atoms with E-state index in [1.54, 1.807) is 30.5 Å². The Bertz CT molecular complexity index is 1170. The zero-order valence-corrected chi connectivity index (χ0v) is 19.4.